The molecule has 0 radical (unpaired) electrons. The number of benzene rings is 1. The molecule has 2 saturated heterocycles. The number of carbonyl (C=O) groups is 3. The normalized spacial score (nSPS) is 23.8. The van der Waals surface area contributed by atoms with Crippen molar-refractivity contribution in [3.63, 3.8) is 0 Å². The van der Waals surface area contributed by atoms with Crippen molar-refractivity contribution in [3.05, 3.63) is 29.8 Å². The minimum absolute atomic E-state index is 0.0578. The maximum atomic E-state index is 12.8. The van der Waals surface area contributed by atoms with Crippen LogP contribution in [0.4, 0.5) is 5.69 Å². The Morgan fingerprint density at radius 1 is 1.24 bits per heavy atom. The molecular weight excluding hydrogens is 324 g/mol. The highest BCUT2D eigenvalue weighted by Gasteiger charge is 2.38. The van der Waals surface area contributed by atoms with E-state index in [2.05, 4.69) is 0 Å². The molecular formula is C18H22N2O5. The molecule has 134 valence electrons. The molecule has 25 heavy (non-hydrogen) atoms. The van der Waals surface area contributed by atoms with Gasteiger partial charge in [0.05, 0.1) is 25.0 Å². The summed E-state index contributed by atoms with van der Waals surface area (Å²) in [5.41, 5.74) is 1.91. The van der Waals surface area contributed by atoms with E-state index in [0.717, 1.165) is 11.3 Å². The van der Waals surface area contributed by atoms with E-state index in [1.54, 1.807) is 9.80 Å². The SMILES string of the molecule is Cc1ccc(N2CC(C(=O)N3CCOC(CC(=O)O)C3)CC2=O)cc1. The lowest BCUT2D eigenvalue weighted by Gasteiger charge is -2.33. The molecule has 0 saturated carbocycles. The van der Waals surface area contributed by atoms with Crippen LogP contribution in [0.25, 0.3) is 0 Å². The molecule has 1 aromatic rings. The summed E-state index contributed by atoms with van der Waals surface area (Å²) in [5.74, 6) is -1.49. The molecule has 2 amide bonds. The van der Waals surface area contributed by atoms with E-state index in [1.807, 2.05) is 31.2 Å². The van der Waals surface area contributed by atoms with Crippen LogP contribution in [0.5, 0.6) is 0 Å². The number of nitrogens with zero attached hydrogens (tertiary/aromatic N) is 2. The highest BCUT2D eigenvalue weighted by atomic mass is 16.5. The second kappa shape index (κ2) is 7.23. The van der Waals surface area contributed by atoms with Gasteiger partial charge in [-0.2, -0.15) is 0 Å². The molecule has 3 rings (SSSR count). The molecule has 2 heterocycles. The number of hydrogen-bond acceptors (Lipinski definition) is 4. The first-order chi connectivity index (χ1) is 11.9. The number of anilines is 1. The van der Waals surface area contributed by atoms with E-state index in [0.29, 0.717) is 19.7 Å². The lowest BCUT2D eigenvalue weighted by molar-refractivity contribution is -0.149. The Labute approximate surface area is 146 Å². The molecule has 2 fully saturated rings. The van der Waals surface area contributed by atoms with Crippen molar-refractivity contribution in [2.45, 2.75) is 25.9 Å². The lowest BCUT2D eigenvalue weighted by Crippen LogP contribution is -2.48. The number of aryl methyl sites for hydroxylation is 1. The second-order valence-electron chi connectivity index (χ2n) is 6.62. The zero-order valence-electron chi connectivity index (χ0n) is 14.2. The number of carbonyl (C=O) groups excluding carboxylic acids is 2. The Morgan fingerprint density at radius 3 is 2.64 bits per heavy atom. The minimum Gasteiger partial charge on any atom is -0.481 e. The van der Waals surface area contributed by atoms with Crippen LogP contribution in [-0.4, -0.2) is 60.1 Å². The molecule has 7 heteroatoms. The number of aliphatic carboxylic acids is 1. The van der Waals surface area contributed by atoms with Crippen molar-refractivity contribution < 1.29 is 24.2 Å². The van der Waals surface area contributed by atoms with Crippen LogP contribution in [0, 0.1) is 12.8 Å². The van der Waals surface area contributed by atoms with Crippen LogP contribution in [-0.2, 0) is 19.1 Å². The predicted molar refractivity (Wildman–Crippen MR) is 90.2 cm³/mol. The molecule has 2 unspecified atom stereocenters. The molecule has 0 aromatic heterocycles. The van der Waals surface area contributed by atoms with Crippen LogP contribution in [0.1, 0.15) is 18.4 Å². The lowest BCUT2D eigenvalue weighted by atomic mass is 10.1. The molecule has 1 aromatic carbocycles. The summed E-state index contributed by atoms with van der Waals surface area (Å²) in [6.45, 7) is 3.37. The zero-order chi connectivity index (χ0) is 18.0. The molecule has 0 bridgehead atoms. The van der Waals surface area contributed by atoms with E-state index in [9.17, 15) is 14.4 Å². The Morgan fingerprint density at radius 2 is 1.96 bits per heavy atom. The van der Waals surface area contributed by atoms with Crippen molar-refractivity contribution in [2.24, 2.45) is 5.92 Å². The Balaban J connectivity index is 1.64. The predicted octanol–water partition coefficient (Wildman–Crippen LogP) is 1.05. The summed E-state index contributed by atoms with van der Waals surface area (Å²) in [6.07, 6.45) is -0.420. The zero-order valence-corrected chi connectivity index (χ0v) is 14.2. The average molecular weight is 346 g/mol. The molecule has 0 spiro atoms. The van der Waals surface area contributed by atoms with E-state index in [1.165, 1.54) is 0 Å². The van der Waals surface area contributed by atoms with Gasteiger partial charge in [-0.3, -0.25) is 14.4 Å². The van der Waals surface area contributed by atoms with Crippen molar-refractivity contribution in [2.75, 3.05) is 31.1 Å². The van der Waals surface area contributed by atoms with Gasteiger partial charge in [0.2, 0.25) is 11.8 Å². The first-order valence-electron chi connectivity index (χ1n) is 8.43. The molecule has 1 N–H and O–H groups in total. The van der Waals surface area contributed by atoms with Crippen molar-refractivity contribution in [3.8, 4) is 0 Å². The minimum atomic E-state index is -0.944. The molecule has 0 aliphatic carbocycles. The van der Waals surface area contributed by atoms with E-state index >= 15 is 0 Å². The Kier molecular flexibility index (Phi) is 5.03. The number of morpholine rings is 1. The fraction of sp³-hybridized carbons (Fsp3) is 0.500. The summed E-state index contributed by atoms with van der Waals surface area (Å²) in [7, 11) is 0. The first-order valence-corrected chi connectivity index (χ1v) is 8.43. The third kappa shape index (κ3) is 3.99. The van der Waals surface area contributed by atoms with Crippen LogP contribution >= 0.6 is 0 Å². The summed E-state index contributed by atoms with van der Waals surface area (Å²) in [6, 6.07) is 7.65. The van der Waals surface area contributed by atoms with Gasteiger partial charge in [0.25, 0.3) is 0 Å². The van der Waals surface area contributed by atoms with Crippen molar-refractivity contribution in [1.29, 1.82) is 0 Å². The molecule has 2 aliphatic rings. The molecule has 2 aliphatic heterocycles. The van der Waals surface area contributed by atoms with Gasteiger partial charge in [-0.25, -0.2) is 0 Å². The van der Waals surface area contributed by atoms with Gasteiger partial charge >= 0.3 is 5.97 Å². The van der Waals surface area contributed by atoms with Gasteiger partial charge < -0.3 is 19.6 Å². The van der Waals surface area contributed by atoms with Gasteiger partial charge in [-0.1, -0.05) is 17.7 Å². The van der Waals surface area contributed by atoms with Crippen LogP contribution < -0.4 is 4.90 Å². The quantitative estimate of drug-likeness (QED) is 0.880. The fourth-order valence-corrected chi connectivity index (χ4v) is 3.34. The number of rotatable bonds is 4. The topological polar surface area (TPSA) is 87.2 Å². The van der Waals surface area contributed by atoms with Crippen LogP contribution in [0.15, 0.2) is 24.3 Å². The van der Waals surface area contributed by atoms with Gasteiger partial charge in [-0.05, 0) is 19.1 Å². The Bertz CT molecular complexity index is 673. The Hall–Kier alpha value is -2.41. The number of amides is 2. The summed E-state index contributed by atoms with van der Waals surface area (Å²) in [5, 5.41) is 8.88. The summed E-state index contributed by atoms with van der Waals surface area (Å²) < 4.78 is 5.40. The first kappa shape index (κ1) is 17.4. The highest BCUT2D eigenvalue weighted by Crippen LogP contribution is 2.27. The monoisotopic (exact) mass is 346 g/mol. The van der Waals surface area contributed by atoms with Crippen molar-refractivity contribution in [1.82, 2.24) is 4.90 Å². The number of carboxylic acid groups (broad SMARTS) is 1. The molecule has 7 nitrogen and oxygen atoms in total. The van der Waals surface area contributed by atoms with Crippen LogP contribution in [0.3, 0.4) is 0 Å². The van der Waals surface area contributed by atoms with Gasteiger partial charge in [0, 0.05) is 31.7 Å². The third-order valence-corrected chi connectivity index (χ3v) is 4.67. The third-order valence-electron chi connectivity index (χ3n) is 4.67. The maximum absolute atomic E-state index is 12.8. The van der Waals surface area contributed by atoms with E-state index in [-0.39, 0.29) is 31.2 Å². The average Bonchev–Trinajstić information content (AvgIpc) is 2.96. The number of carboxylic acids is 1. The maximum Gasteiger partial charge on any atom is 0.306 e. The smallest absolute Gasteiger partial charge is 0.306 e. The van der Waals surface area contributed by atoms with Gasteiger partial charge in [0.1, 0.15) is 0 Å². The summed E-state index contributed by atoms with van der Waals surface area (Å²) >= 11 is 0. The van der Waals surface area contributed by atoms with Gasteiger partial charge in [-0.15, -0.1) is 0 Å². The molecule has 2 atom stereocenters. The number of ether oxygens (including phenoxy) is 1. The van der Waals surface area contributed by atoms with E-state index < -0.39 is 18.0 Å². The second-order valence-corrected chi connectivity index (χ2v) is 6.62. The highest BCUT2D eigenvalue weighted by molar-refractivity contribution is 6.00. The van der Waals surface area contributed by atoms with E-state index in [4.69, 9.17) is 9.84 Å². The number of hydrogen-bond donors (Lipinski definition) is 1. The fourth-order valence-electron chi connectivity index (χ4n) is 3.34. The van der Waals surface area contributed by atoms with Crippen LogP contribution in [0.2, 0.25) is 0 Å². The standard InChI is InChI=1S/C18H22N2O5/c1-12-2-4-14(5-3-12)20-10-13(8-16(20)21)18(24)19-6-7-25-15(11-19)9-17(22)23/h2-5,13,15H,6-11H2,1H3,(H,22,23). The summed E-state index contributed by atoms with van der Waals surface area (Å²) in [4.78, 5) is 39.2. The van der Waals surface area contributed by atoms with Crippen molar-refractivity contribution >= 4 is 23.5 Å². The largest absolute Gasteiger partial charge is 0.481 e. The van der Waals surface area contributed by atoms with Gasteiger partial charge in [0.15, 0.2) is 0 Å².